The lowest BCUT2D eigenvalue weighted by molar-refractivity contribution is 0.595. The van der Waals surface area contributed by atoms with E-state index in [9.17, 15) is 0 Å². The molecule has 0 spiro atoms. The molecule has 0 radical (unpaired) electrons. The van der Waals surface area contributed by atoms with Crippen molar-refractivity contribution in [3.8, 4) is 0 Å². The van der Waals surface area contributed by atoms with E-state index in [-0.39, 0.29) is 0 Å². The Morgan fingerprint density at radius 1 is 1.37 bits per heavy atom. The zero-order valence-electron chi connectivity index (χ0n) is 11.8. The second kappa shape index (κ2) is 7.55. The van der Waals surface area contributed by atoms with Crippen molar-refractivity contribution in [2.75, 3.05) is 36.0 Å². The number of anilines is 1. The molecule has 1 aliphatic rings. The van der Waals surface area contributed by atoms with Crippen LogP contribution < -0.4 is 10.2 Å². The highest BCUT2D eigenvalue weighted by molar-refractivity contribution is 9.10. The van der Waals surface area contributed by atoms with Crippen LogP contribution in [0.5, 0.6) is 0 Å². The first-order valence-corrected chi connectivity index (χ1v) is 9.02. The van der Waals surface area contributed by atoms with Gasteiger partial charge in [-0.25, -0.2) is 0 Å². The molecule has 1 fully saturated rings. The van der Waals surface area contributed by atoms with Gasteiger partial charge in [0.05, 0.1) is 0 Å². The third-order valence-electron chi connectivity index (χ3n) is 3.53. The maximum absolute atomic E-state index is 3.60. The van der Waals surface area contributed by atoms with Crippen LogP contribution in [0.25, 0.3) is 0 Å². The number of rotatable bonds is 4. The van der Waals surface area contributed by atoms with Crippen LogP contribution >= 0.6 is 27.7 Å². The van der Waals surface area contributed by atoms with Gasteiger partial charge in [-0.1, -0.05) is 22.9 Å². The molecule has 0 bridgehead atoms. The van der Waals surface area contributed by atoms with Gasteiger partial charge in [0.15, 0.2) is 0 Å². The van der Waals surface area contributed by atoms with Crippen molar-refractivity contribution in [1.82, 2.24) is 5.32 Å². The molecule has 0 saturated carbocycles. The predicted molar refractivity (Wildman–Crippen MR) is 90.4 cm³/mol. The fraction of sp³-hybridized carbons (Fsp3) is 0.600. The molecule has 4 heteroatoms. The summed E-state index contributed by atoms with van der Waals surface area (Å²) in [5, 5.41) is 3.53. The van der Waals surface area contributed by atoms with E-state index in [0.29, 0.717) is 6.04 Å². The van der Waals surface area contributed by atoms with E-state index in [2.05, 4.69) is 70.0 Å². The summed E-state index contributed by atoms with van der Waals surface area (Å²) in [5.41, 5.74) is 2.81. The van der Waals surface area contributed by atoms with E-state index in [1.807, 2.05) is 0 Å². The molecular weight excluding hydrogens is 320 g/mol. The maximum atomic E-state index is 3.60. The van der Waals surface area contributed by atoms with Gasteiger partial charge < -0.3 is 10.2 Å². The fourth-order valence-corrected chi connectivity index (χ4v) is 3.83. The average Bonchev–Trinajstić information content (AvgIpc) is 2.68. The summed E-state index contributed by atoms with van der Waals surface area (Å²) >= 11 is 5.68. The summed E-state index contributed by atoms with van der Waals surface area (Å²) in [7, 11) is 0. The smallest absolute Gasteiger partial charge is 0.0415 e. The summed E-state index contributed by atoms with van der Waals surface area (Å²) < 4.78 is 1.17. The van der Waals surface area contributed by atoms with Crippen LogP contribution in [0.1, 0.15) is 31.9 Å². The lowest BCUT2D eigenvalue weighted by Gasteiger charge is -2.28. The molecule has 1 unspecified atom stereocenters. The summed E-state index contributed by atoms with van der Waals surface area (Å²) in [6, 6.07) is 7.09. The molecule has 1 aliphatic heterocycles. The van der Waals surface area contributed by atoms with Crippen molar-refractivity contribution in [2.45, 2.75) is 26.3 Å². The van der Waals surface area contributed by atoms with E-state index >= 15 is 0 Å². The van der Waals surface area contributed by atoms with Crippen molar-refractivity contribution in [1.29, 1.82) is 0 Å². The van der Waals surface area contributed by atoms with Crippen LogP contribution in [0.2, 0.25) is 0 Å². The highest BCUT2D eigenvalue weighted by Gasteiger charge is 2.17. The summed E-state index contributed by atoms with van der Waals surface area (Å²) in [5.74, 6) is 2.54. The topological polar surface area (TPSA) is 15.3 Å². The molecule has 1 saturated heterocycles. The number of hydrogen-bond acceptors (Lipinski definition) is 3. The van der Waals surface area contributed by atoms with Gasteiger partial charge in [-0.3, -0.25) is 0 Å². The SMILES string of the molecule is CCNC(C)c1cc(Br)ccc1N1CCCSCC1. The highest BCUT2D eigenvalue weighted by Crippen LogP contribution is 2.30. The van der Waals surface area contributed by atoms with Crippen molar-refractivity contribution in [3.05, 3.63) is 28.2 Å². The van der Waals surface area contributed by atoms with Crippen LogP contribution in [-0.4, -0.2) is 31.1 Å². The molecule has 0 amide bonds. The number of halogens is 1. The molecule has 2 rings (SSSR count). The predicted octanol–water partition coefficient (Wildman–Crippen LogP) is 4.06. The van der Waals surface area contributed by atoms with Crippen molar-refractivity contribution in [3.63, 3.8) is 0 Å². The summed E-state index contributed by atoms with van der Waals surface area (Å²) in [4.78, 5) is 2.55. The lowest BCUT2D eigenvalue weighted by Crippen LogP contribution is -2.28. The second-order valence-corrected chi connectivity index (χ2v) is 7.08. The van der Waals surface area contributed by atoms with E-state index in [0.717, 1.165) is 13.1 Å². The largest absolute Gasteiger partial charge is 0.370 e. The van der Waals surface area contributed by atoms with Crippen LogP contribution in [0.15, 0.2) is 22.7 Å². The fourth-order valence-electron chi connectivity index (χ4n) is 2.56. The van der Waals surface area contributed by atoms with E-state index in [4.69, 9.17) is 0 Å². The van der Waals surface area contributed by atoms with Crippen molar-refractivity contribution >= 4 is 33.4 Å². The average molecular weight is 343 g/mol. The Labute approximate surface area is 129 Å². The Bertz CT molecular complexity index is 403. The number of nitrogens with one attached hydrogen (secondary N) is 1. The molecule has 0 aromatic heterocycles. The molecule has 106 valence electrons. The minimum atomic E-state index is 0.397. The van der Waals surface area contributed by atoms with Gasteiger partial charge in [-0.15, -0.1) is 0 Å². The highest BCUT2D eigenvalue weighted by atomic mass is 79.9. The second-order valence-electron chi connectivity index (χ2n) is 4.94. The van der Waals surface area contributed by atoms with E-state index < -0.39 is 0 Å². The molecule has 1 N–H and O–H groups in total. The monoisotopic (exact) mass is 342 g/mol. The quantitative estimate of drug-likeness (QED) is 0.887. The molecule has 1 heterocycles. The Balaban J connectivity index is 2.26. The Morgan fingerprint density at radius 2 is 2.21 bits per heavy atom. The number of benzene rings is 1. The van der Waals surface area contributed by atoms with E-state index in [1.54, 1.807) is 0 Å². The van der Waals surface area contributed by atoms with Crippen LogP contribution in [0.3, 0.4) is 0 Å². The first-order valence-electron chi connectivity index (χ1n) is 7.08. The minimum absolute atomic E-state index is 0.397. The number of hydrogen-bond donors (Lipinski definition) is 1. The molecule has 1 aromatic carbocycles. The Hall–Kier alpha value is -0.190. The van der Waals surface area contributed by atoms with Gasteiger partial charge in [0, 0.05) is 35.0 Å². The molecule has 1 aromatic rings. The Kier molecular flexibility index (Phi) is 6.05. The minimum Gasteiger partial charge on any atom is -0.370 e. The van der Waals surface area contributed by atoms with Gasteiger partial charge >= 0.3 is 0 Å². The third kappa shape index (κ3) is 4.14. The third-order valence-corrected chi connectivity index (χ3v) is 5.07. The van der Waals surface area contributed by atoms with Gasteiger partial charge in [0.1, 0.15) is 0 Å². The standard InChI is InChI=1S/C15H23BrN2S/c1-3-17-12(2)14-11-13(16)5-6-15(14)18-7-4-9-19-10-8-18/h5-6,11-12,17H,3-4,7-10H2,1-2H3. The molecule has 19 heavy (non-hydrogen) atoms. The first kappa shape index (κ1) is 15.2. The first-order chi connectivity index (χ1) is 9.22. The van der Waals surface area contributed by atoms with Gasteiger partial charge in [0.2, 0.25) is 0 Å². The van der Waals surface area contributed by atoms with Crippen LogP contribution in [0, 0.1) is 0 Å². The summed E-state index contributed by atoms with van der Waals surface area (Å²) in [6.45, 7) is 7.76. The molecular formula is C15H23BrN2S. The van der Waals surface area contributed by atoms with Crippen LogP contribution in [0.4, 0.5) is 5.69 Å². The molecule has 2 nitrogen and oxygen atoms in total. The number of nitrogens with zero attached hydrogens (tertiary/aromatic N) is 1. The lowest BCUT2D eigenvalue weighted by atomic mass is 10.0. The van der Waals surface area contributed by atoms with Gasteiger partial charge in [0.25, 0.3) is 0 Å². The van der Waals surface area contributed by atoms with Crippen LogP contribution in [-0.2, 0) is 0 Å². The zero-order valence-corrected chi connectivity index (χ0v) is 14.2. The van der Waals surface area contributed by atoms with Gasteiger partial charge in [-0.2, -0.15) is 11.8 Å². The number of thioether (sulfide) groups is 1. The summed E-state index contributed by atoms with van der Waals surface area (Å²) in [6.07, 6.45) is 1.29. The van der Waals surface area contributed by atoms with Crippen molar-refractivity contribution < 1.29 is 0 Å². The van der Waals surface area contributed by atoms with Gasteiger partial charge in [-0.05, 0) is 49.4 Å². The molecule has 1 atom stereocenters. The van der Waals surface area contributed by atoms with E-state index in [1.165, 1.54) is 40.2 Å². The normalized spacial score (nSPS) is 18.2. The Morgan fingerprint density at radius 3 is 3.00 bits per heavy atom. The molecule has 0 aliphatic carbocycles. The maximum Gasteiger partial charge on any atom is 0.0415 e. The van der Waals surface area contributed by atoms with Crippen molar-refractivity contribution in [2.24, 2.45) is 0 Å². The zero-order chi connectivity index (χ0) is 13.7.